The van der Waals surface area contributed by atoms with Gasteiger partial charge in [0.25, 0.3) is 11.8 Å². The Kier molecular flexibility index (Phi) is 9.71. The van der Waals surface area contributed by atoms with Gasteiger partial charge < -0.3 is 4.90 Å². The molecule has 0 unspecified atom stereocenters. The molecule has 1 aromatic heterocycles. The molecular formula is C26H37N3O2S. The molecule has 0 atom stereocenters. The van der Waals surface area contributed by atoms with Gasteiger partial charge in [-0.3, -0.25) is 14.5 Å². The van der Waals surface area contributed by atoms with Gasteiger partial charge in [-0.2, -0.15) is 5.26 Å². The van der Waals surface area contributed by atoms with E-state index in [0.717, 1.165) is 56.5 Å². The van der Waals surface area contributed by atoms with Crippen LogP contribution in [0.4, 0.5) is 5.00 Å². The first-order valence-corrected chi connectivity index (χ1v) is 12.8. The zero-order valence-electron chi connectivity index (χ0n) is 20.5. The van der Waals surface area contributed by atoms with Crippen molar-refractivity contribution in [1.82, 2.24) is 4.90 Å². The molecule has 1 aliphatic rings. The van der Waals surface area contributed by atoms with Crippen molar-refractivity contribution in [3.8, 4) is 6.07 Å². The highest BCUT2D eigenvalue weighted by atomic mass is 32.1. The maximum atomic E-state index is 13.3. The van der Waals surface area contributed by atoms with Crippen molar-refractivity contribution in [2.45, 2.75) is 80.1 Å². The molecule has 2 heterocycles. The number of thiophene rings is 1. The summed E-state index contributed by atoms with van der Waals surface area (Å²) in [4.78, 5) is 30.8. The van der Waals surface area contributed by atoms with Crippen LogP contribution in [-0.2, 0) is 22.4 Å². The standard InChI is InChI=1S/C26H37N3O2S/c1-7-12-14-28(11-5)26-20(10-4)19(9-3)23(32-26)16-21-18(6)22(17-27)25(31)29(24(21)30)15-13-8-2/h16H,7-15H2,1-6H3/b21-16+. The smallest absolute Gasteiger partial charge is 0.271 e. The minimum Gasteiger partial charge on any atom is -0.363 e. The second-order valence-corrected chi connectivity index (χ2v) is 9.18. The molecule has 0 bridgehead atoms. The van der Waals surface area contributed by atoms with Crippen LogP contribution in [0.3, 0.4) is 0 Å². The number of nitriles is 1. The zero-order chi connectivity index (χ0) is 23.8. The molecule has 2 rings (SSSR count). The molecule has 0 radical (unpaired) electrons. The van der Waals surface area contributed by atoms with Crippen molar-refractivity contribution >= 4 is 34.2 Å². The van der Waals surface area contributed by atoms with Crippen LogP contribution in [0.15, 0.2) is 16.7 Å². The molecule has 32 heavy (non-hydrogen) atoms. The van der Waals surface area contributed by atoms with Gasteiger partial charge in [0, 0.05) is 30.1 Å². The molecule has 0 aromatic carbocycles. The summed E-state index contributed by atoms with van der Waals surface area (Å²) in [5.41, 5.74) is 3.66. The molecule has 5 nitrogen and oxygen atoms in total. The molecule has 2 amide bonds. The number of anilines is 1. The molecule has 174 valence electrons. The van der Waals surface area contributed by atoms with Crippen molar-refractivity contribution < 1.29 is 9.59 Å². The highest BCUT2D eigenvalue weighted by Gasteiger charge is 2.35. The van der Waals surface area contributed by atoms with Gasteiger partial charge in [0.15, 0.2) is 0 Å². The minimum atomic E-state index is -0.464. The summed E-state index contributed by atoms with van der Waals surface area (Å²) in [6.45, 7) is 14.8. The van der Waals surface area contributed by atoms with Crippen molar-refractivity contribution in [3.63, 3.8) is 0 Å². The van der Waals surface area contributed by atoms with E-state index in [1.54, 1.807) is 18.3 Å². The monoisotopic (exact) mass is 455 g/mol. The Bertz CT molecular complexity index is 949. The van der Waals surface area contributed by atoms with Crippen LogP contribution in [0, 0.1) is 11.3 Å². The lowest BCUT2D eigenvalue weighted by Gasteiger charge is -2.27. The Balaban J connectivity index is 2.64. The van der Waals surface area contributed by atoms with E-state index in [4.69, 9.17) is 0 Å². The van der Waals surface area contributed by atoms with Gasteiger partial charge in [-0.05, 0) is 62.3 Å². The predicted octanol–water partition coefficient (Wildman–Crippen LogP) is 5.89. The van der Waals surface area contributed by atoms with Crippen LogP contribution in [-0.4, -0.2) is 36.3 Å². The normalized spacial score (nSPS) is 15.7. The molecule has 6 heteroatoms. The molecule has 0 fully saturated rings. The first-order chi connectivity index (χ1) is 15.4. The summed E-state index contributed by atoms with van der Waals surface area (Å²) in [5.74, 6) is -0.748. The Hall–Kier alpha value is -2.39. The van der Waals surface area contributed by atoms with E-state index in [1.807, 2.05) is 19.1 Å². The molecule has 0 saturated carbocycles. The van der Waals surface area contributed by atoms with Crippen molar-refractivity contribution in [2.24, 2.45) is 0 Å². The quantitative estimate of drug-likeness (QED) is 0.308. The maximum Gasteiger partial charge on any atom is 0.271 e. The second kappa shape index (κ2) is 12.0. The molecule has 0 saturated heterocycles. The molecule has 0 N–H and O–H groups in total. The average Bonchev–Trinajstić information content (AvgIpc) is 3.14. The number of hydrogen-bond acceptors (Lipinski definition) is 5. The van der Waals surface area contributed by atoms with E-state index in [2.05, 4.69) is 32.6 Å². The molecular weight excluding hydrogens is 418 g/mol. The minimum absolute atomic E-state index is 0.0793. The van der Waals surface area contributed by atoms with E-state index in [9.17, 15) is 14.9 Å². The number of hydrogen-bond donors (Lipinski definition) is 0. The Labute approximate surface area is 197 Å². The van der Waals surface area contributed by atoms with Crippen LogP contribution in [0.1, 0.15) is 83.2 Å². The van der Waals surface area contributed by atoms with E-state index >= 15 is 0 Å². The van der Waals surface area contributed by atoms with E-state index < -0.39 is 5.91 Å². The Morgan fingerprint density at radius 1 is 1.00 bits per heavy atom. The van der Waals surface area contributed by atoms with Crippen LogP contribution >= 0.6 is 11.3 Å². The Morgan fingerprint density at radius 2 is 1.66 bits per heavy atom. The topological polar surface area (TPSA) is 64.4 Å². The molecule has 0 spiro atoms. The third-order valence-electron chi connectivity index (χ3n) is 6.12. The molecule has 1 aromatic rings. The number of imide groups is 1. The highest BCUT2D eigenvalue weighted by molar-refractivity contribution is 7.17. The summed E-state index contributed by atoms with van der Waals surface area (Å²) in [5, 5.41) is 10.9. The molecule has 1 aliphatic heterocycles. The van der Waals surface area contributed by atoms with Crippen LogP contribution in [0.5, 0.6) is 0 Å². The van der Waals surface area contributed by atoms with Gasteiger partial charge >= 0.3 is 0 Å². The van der Waals surface area contributed by atoms with Crippen LogP contribution in [0.25, 0.3) is 6.08 Å². The van der Waals surface area contributed by atoms with Gasteiger partial charge in [-0.1, -0.05) is 40.5 Å². The van der Waals surface area contributed by atoms with Crippen molar-refractivity contribution in [3.05, 3.63) is 32.7 Å². The summed E-state index contributed by atoms with van der Waals surface area (Å²) in [6.07, 6.45) is 7.65. The maximum absolute atomic E-state index is 13.3. The van der Waals surface area contributed by atoms with Crippen molar-refractivity contribution in [2.75, 3.05) is 24.5 Å². The largest absolute Gasteiger partial charge is 0.363 e. The van der Waals surface area contributed by atoms with Gasteiger partial charge in [-0.15, -0.1) is 11.3 Å². The number of amides is 2. The van der Waals surface area contributed by atoms with E-state index in [0.29, 0.717) is 17.7 Å². The lowest BCUT2D eigenvalue weighted by molar-refractivity contribution is -0.140. The number of carbonyl (C=O) groups is 2. The van der Waals surface area contributed by atoms with Crippen molar-refractivity contribution in [1.29, 1.82) is 5.26 Å². The number of carbonyl (C=O) groups excluding carboxylic acids is 2. The highest BCUT2D eigenvalue weighted by Crippen LogP contribution is 2.40. The SMILES string of the molecule is CCCCN1C(=O)C(C#N)=C(C)/C(=C\c2sc(N(CC)CCCC)c(CC)c2CC)C1=O. The first kappa shape index (κ1) is 25.9. The number of nitrogens with zero attached hydrogens (tertiary/aromatic N) is 3. The summed E-state index contributed by atoms with van der Waals surface area (Å²) in [7, 11) is 0. The van der Waals surface area contributed by atoms with Gasteiger partial charge in [0.2, 0.25) is 0 Å². The van der Waals surface area contributed by atoms with E-state index in [-0.39, 0.29) is 11.5 Å². The Morgan fingerprint density at radius 3 is 2.19 bits per heavy atom. The summed E-state index contributed by atoms with van der Waals surface area (Å²) in [6, 6.07) is 2.04. The van der Waals surface area contributed by atoms with Crippen LogP contribution in [0.2, 0.25) is 0 Å². The summed E-state index contributed by atoms with van der Waals surface area (Å²) >= 11 is 1.73. The third-order valence-corrected chi connectivity index (χ3v) is 7.40. The van der Waals surface area contributed by atoms with Gasteiger partial charge in [0.1, 0.15) is 11.6 Å². The number of unbranched alkanes of at least 4 members (excludes halogenated alkanes) is 2. The van der Waals surface area contributed by atoms with Crippen LogP contribution < -0.4 is 4.90 Å². The zero-order valence-corrected chi connectivity index (χ0v) is 21.3. The predicted molar refractivity (Wildman–Crippen MR) is 134 cm³/mol. The van der Waals surface area contributed by atoms with E-state index in [1.165, 1.54) is 21.0 Å². The number of rotatable bonds is 11. The van der Waals surface area contributed by atoms with Gasteiger partial charge in [0.05, 0.1) is 5.00 Å². The fourth-order valence-corrected chi connectivity index (χ4v) is 5.68. The average molecular weight is 456 g/mol. The second-order valence-electron chi connectivity index (χ2n) is 8.15. The lowest BCUT2D eigenvalue weighted by atomic mass is 9.93. The first-order valence-electron chi connectivity index (χ1n) is 12.0. The fraction of sp³-hybridized carbons (Fsp3) is 0.577. The van der Waals surface area contributed by atoms with Gasteiger partial charge in [-0.25, -0.2) is 0 Å². The fourth-order valence-electron chi connectivity index (χ4n) is 4.16. The lowest BCUT2D eigenvalue weighted by Crippen LogP contribution is -2.43. The summed E-state index contributed by atoms with van der Waals surface area (Å²) < 4.78 is 0. The third kappa shape index (κ3) is 5.15. The molecule has 0 aliphatic carbocycles.